The van der Waals surface area contributed by atoms with Crippen LogP contribution in [0.3, 0.4) is 0 Å². The van der Waals surface area contributed by atoms with Crippen LogP contribution in [0.5, 0.6) is 0 Å². The van der Waals surface area contributed by atoms with Gasteiger partial charge in [0.05, 0.1) is 32.1 Å². The Kier molecular flexibility index (Phi) is 37.3. The predicted molar refractivity (Wildman–Crippen MR) is 381 cm³/mol. The topological polar surface area (TPSA) is 433 Å². The van der Waals surface area contributed by atoms with E-state index in [1.165, 1.54) is 24.3 Å². The van der Waals surface area contributed by atoms with Crippen molar-refractivity contribution in [3.63, 3.8) is 0 Å². The first kappa shape index (κ1) is 82.2. The van der Waals surface area contributed by atoms with Gasteiger partial charge in [0.2, 0.25) is 65.0 Å². The minimum absolute atomic E-state index is 0.0515. The molecule has 30 heteroatoms. The summed E-state index contributed by atoms with van der Waals surface area (Å²) in [4.78, 5) is 160. The summed E-state index contributed by atoms with van der Waals surface area (Å²) in [5, 5.41) is 32.5. The van der Waals surface area contributed by atoms with Crippen molar-refractivity contribution in [3.8, 4) is 0 Å². The first-order valence-corrected chi connectivity index (χ1v) is 36.7. The number of H-pyrrole nitrogens is 1. The summed E-state index contributed by atoms with van der Waals surface area (Å²) < 4.78 is 10.6. The fraction of sp³-hybridized carbons (Fsp3) is 0.543. The number of benzene rings is 3. The molecule has 11 amide bonds. The predicted octanol–water partition coefficient (Wildman–Crippen LogP) is 1.83. The highest BCUT2D eigenvalue weighted by Crippen LogP contribution is 2.32. The number of carbonyl (C=O) groups excluding carboxylic acids is 11. The molecule has 548 valence electrons. The number of hydrogen-bond donors (Lipinski definition) is 13. The summed E-state index contributed by atoms with van der Waals surface area (Å²) in [5.74, 6) is -8.00. The summed E-state index contributed by atoms with van der Waals surface area (Å²) in [6.07, 6.45) is 5.12. The Morgan fingerprint density at radius 1 is 0.630 bits per heavy atom. The second-order valence-electron chi connectivity index (χ2n) is 24.9. The average molecular weight is 1430 g/mol. The Balaban J connectivity index is 1.25. The summed E-state index contributed by atoms with van der Waals surface area (Å²) in [6.45, 7) is 8.94. The Morgan fingerprint density at radius 3 is 1.75 bits per heavy atom. The molecular weight excluding hydrogens is 1320 g/mol. The minimum atomic E-state index is -1.37. The zero-order chi connectivity index (χ0) is 72.8. The first-order chi connectivity index (χ1) is 48.1. The summed E-state index contributed by atoms with van der Waals surface area (Å²) >= 11 is 0. The number of carbonyl (C=O) groups is 11. The quantitative estimate of drug-likeness (QED) is 0.0222. The van der Waals surface area contributed by atoms with E-state index in [4.69, 9.17) is 26.7 Å². The third kappa shape index (κ3) is 29.8. The van der Waals surface area contributed by atoms with Gasteiger partial charge in [-0.2, -0.15) is 0 Å². The van der Waals surface area contributed by atoms with Crippen molar-refractivity contribution in [2.75, 3.05) is 57.6 Å². The number of aromatic amines is 1. The van der Waals surface area contributed by atoms with E-state index >= 15 is 4.79 Å². The molecule has 1 saturated heterocycles. The largest absolute Gasteiger partial charge is 0.393 e. The van der Waals surface area contributed by atoms with Crippen molar-refractivity contribution >= 4 is 86.6 Å². The number of nitrogens with two attached hydrogens (primary N) is 3. The molecule has 0 bridgehead atoms. The highest BCUT2D eigenvalue weighted by atomic mass is 33.1. The molecule has 16 N–H and O–H groups in total. The van der Waals surface area contributed by atoms with Crippen molar-refractivity contribution in [1.29, 1.82) is 0 Å². The molecule has 0 saturated carbocycles. The maximum absolute atomic E-state index is 15.3. The molecular formula is C70H102N14O14S2. The van der Waals surface area contributed by atoms with Crippen LogP contribution in [0.15, 0.2) is 104 Å². The number of aromatic nitrogens is 2. The fourth-order valence-electron chi connectivity index (χ4n) is 11.2. The van der Waals surface area contributed by atoms with E-state index in [0.29, 0.717) is 68.7 Å². The van der Waals surface area contributed by atoms with Gasteiger partial charge in [0.1, 0.15) is 48.9 Å². The number of hydrogen-bond acceptors (Lipinski definition) is 18. The maximum atomic E-state index is 15.3. The first-order valence-electron chi connectivity index (χ1n) is 34.2. The van der Waals surface area contributed by atoms with Crippen molar-refractivity contribution in [2.45, 2.75) is 178 Å². The van der Waals surface area contributed by atoms with Crippen LogP contribution in [0.4, 0.5) is 0 Å². The van der Waals surface area contributed by atoms with Gasteiger partial charge in [0, 0.05) is 74.3 Å². The molecule has 1 aliphatic rings. The second-order valence-corrected chi connectivity index (χ2v) is 27.4. The number of ether oxygens (including phenoxy) is 2. The molecule has 5 rings (SSSR count). The molecule has 1 aromatic heterocycles. The standard InChI is InChI=1S/C70H102N14O14S2/c1-5-45(3)35-58(86)78-52(28-17-19-31-75-61(89)41-98-34-33-97-6-2)66(92)77-50(37-47-21-10-7-11-22-47)39-60(88)79-53(27-16-18-30-71)67(93)81-55(64(72)90)42-99-100-43-56(65(73)91)82-69(95)57-29-20-32-84(57)70(96)63(62(48-23-12-8-13-24-48)49-25-14-9-15-26-49)83-68(94)54(38-51-40-74-44-76-51)80-59(87)36-46(4)85/h7-15,21-26,40,44-46,50,52-57,62-63,85H,5-6,16-20,27-39,41-43,71H2,1-4H3,(H2,72,90)(H2,73,91)(H,74,76)(H,75,89)(H,77,92)(H,78,86)(H,79,88)(H,80,87)(H,81,93)(H,82,95)(H,83,94)/t45-,46+,50-,52-,53+,54-,55-,56-,57-,63-/m0/s1. The van der Waals surface area contributed by atoms with Crippen LogP contribution in [-0.2, 0) is 75.1 Å². The van der Waals surface area contributed by atoms with E-state index < -0.39 is 114 Å². The van der Waals surface area contributed by atoms with Gasteiger partial charge in [0.15, 0.2) is 0 Å². The number of rotatable bonds is 48. The van der Waals surface area contributed by atoms with E-state index in [9.17, 15) is 53.1 Å². The van der Waals surface area contributed by atoms with Crippen molar-refractivity contribution < 1.29 is 67.3 Å². The highest BCUT2D eigenvalue weighted by molar-refractivity contribution is 8.76. The fourth-order valence-corrected chi connectivity index (χ4v) is 13.6. The number of imidazole rings is 1. The Morgan fingerprint density at radius 2 is 1.18 bits per heavy atom. The van der Waals surface area contributed by atoms with Gasteiger partial charge in [-0.1, -0.05) is 133 Å². The van der Waals surface area contributed by atoms with Gasteiger partial charge in [-0.15, -0.1) is 0 Å². The van der Waals surface area contributed by atoms with E-state index in [-0.39, 0.29) is 107 Å². The monoisotopic (exact) mass is 1430 g/mol. The minimum Gasteiger partial charge on any atom is -0.393 e. The maximum Gasteiger partial charge on any atom is 0.246 e. The number of primary amides is 2. The molecule has 10 atom stereocenters. The van der Waals surface area contributed by atoms with Gasteiger partial charge in [-0.05, 0) is 101 Å². The van der Waals surface area contributed by atoms with E-state index in [0.717, 1.165) is 33.6 Å². The van der Waals surface area contributed by atoms with Gasteiger partial charge in [-0.25, -0.2) is 4.98 Å². The second kappa shape index (κ2) is 45.4. The average Bonchev–Trinajstić information content (AvgIpc) is 1.32. The summed E-state index contributed by atoms with van der Waals surface area (Å²) in [7, 11) is 2.09. The van der Waals surface area contributed by atoms with Gasteiger partial charge >= 0.3 is 0 Å². The third-order valence-electron chi connectivity index (χ3n) is 16.7. The molecule has 28 nitrogen and oxygen atoms in total. The van der Waals surface area contributed by atoms with Crippen LogP contribution in [-0.4, -0.2) is 197 Å². The Labute approximate surface area is 593 Å². The van der Waals surface area contributed by atoms with E-state index in [2.05, 4.69) is 52.5 Å². The zero-order valence-electron chi connectivity index (χ0n) is 57.6. The van der Waals surface area contributed by atoms with Crippen molar-refractivity contribution in [1.82, 2.24) is 57.4 Å². The van der Waals surface area contributed by atoms with E-state index in [1.54, 1.807) is 24.3 Å². The molecule has 0 unspecified atom stereocenters. The van der Waals surface area contributed by atoms with Crippen LogP contribution >= 0.6 is 21.6 Å². The van der Waals surface area contributed by atoms with Crippen LogP contribution in [0.2, 0.25) is 0 Å². The third-order valence-corrected chi connectivity index (χ3v) is 19.1. The number of amides is 11. The van der Waals surface area contributed by atoms with Crippen LogP contribution in [0.1, 0.15) is 133 Å². The number of unbranched alkanes of at least 4 members (excludes halogenated alkanes) is 2. The lowest BCUT2D eigenvalue weighted by atomic mass is 9.84. The molecule has 0 aliphatic carbocycles. The molecule has 0 spiro atoms. The molecule has 3 aromatic carbocycles. The van der Waals surface area contributed by atoms with Gasteiger partial charge < -0.3 is 84.2 Å². The number of likely N-dealkylation sites (tertiary alicyclic amines) is 1. The molecule has 100 heavy (non-hydrogen) atoms. The smallest absolute Gasteiger partial charge is 0.246 e. The summed E-state index contributed by atoms with van der Waals surface area (Å²) in [5.41, 5.74) is 20.2. The molecule has 1 aliphatic heterocycles. The van der Waals surface area contributed by atoms with E-state index in [1.807, 2.05) is 87.5 Å². The van der Waals surface area contributed by atoms with Gasteiger partial charge in [-0.3, -0.25) is 52.7 Å². The number of aliphatic hydroxyl groups excluding tert-OH is 1. The highest BCUT2D eigenvalue weighted by Gasteiger charge is 2.43. The number of aliphatic hydroxyl groups is 1. The lowest BCUT2D eigenvalue weighted by molar-refractivity contribution is -0.142. The van der Waals surface area contributed by atoms with Crippen molar-refractivity contribution in [2.24, 2.45) is 23.1 Å². The Bertz CT molecular complexity index is 3160. The van der Waals surface area contributed by atoms with Gasteiger partial charge in [0.25, 0.3) is 0 Å². The SMILES string of the molecule is CCOCCOCC(=O)NCCCC[C@H](NC(=O)C[C@@H](C)CC)C(=O)N[C@H](CC(=O)N[C@H](CCCCN)C(=O)N[C@@H](CSSC[C@H](NC(=O)[C@@H]1CCCN1C(=O)[C@@H](NC(=O)[C@H](Cc1cnc[nH]1)NC(=O)C[C@@H](C)O)C(c1ccccc1)c1ccccc1)C(N)=O)C(N)=O)Cc1ccccc1. The van der Waals surface area contributed by atoms with Crippen molar-refractivity contribution in [3.05, 3.63) is 126 Å². The molecule has 1 fully saturated rings. The lowest BCUT2D eigenvalue weighted by Crippen LogP contribution is -2.59. The van der Waals surface area contributed by atoms with Crippen LogP contribution in [0, 0.1) is 5.92 Å². The number of nitrogens with zero attached hydrogens (tertiary/aromatic N) is 2. The van der Waals surface area contributed by atoms with Crippen LogP contribution in [0.25, 0.3) is 0 Å². The normalized spacial score (nSPS) is 15.5. The Hall–Kier alpha value is -8.42. The zero-order valence-corrected chi connectivity index (χ0v) is 59.3. The lowest BCUT2D eigenvalue weighted by Gasteiger charge is -2.34. The molecule has 4 aromatic rings. The number of nitrogens with one attached hydrogen (secondary N) is 9. The molecule has 2 heterocycles. The molecule has 0 radical (unpaired) electrons. The summed E-state index contributed by atoms with van der Waals surface area (Å²) in [6, 6.07) is 17.8. The van der Waals surface area contributed by atoms with Crippen LogP contribution < -0.4 is 59.7 Å².